The fourth-order valence-electron chi connectivity index (χ4n) is 1.80. The molecule has 0 atom stereocenters. The van der Waals surface area contributed by atoms with Crippen LogP contribution in [0.25, 0.3) is 11.3 Å². The molecule has 0 fully saturated rings. The number of nitrogens with zero attached hydrogens (tertiary/aromatic N) is 2. The van der Waals surface area contributed by atoms with Crippen molar-refractivity contribution in [2.45, 2.75) is 13.5 Å². The molecule has 0 amide bonds. The monoisotopic (exact) mass is 277 g/mol. The summed E-state index contributed by atoms with van der Waals surface area (Å²) in [7, 11) is 3.51. The molecule has 2 rings (SSSR count). The zero-order valence-corrected chi connectivity index (χ0v) is 12.0. The lowest BCUT2D eigenvalue weighted by Crippen LogP contribution is -2.07. The van der Waals surface area contributed by atoms with Crippen molar-refractivity contribution in [3.8, 4) is 17.0 Å². The number of nitrogens with one attached hydrogen (secondary N) is 1. The zero-order valence-electron chi connectivity index (χ0n) is 11.2. The molecule has 0 aliphatic carbocycles. The summed E-state index contributed by atoms with van der Waals surface area (Å²) >= 11 is 6.16. The van der Waals surface area contributed by atoms with Crippen molar-refractivity contribution in [2.75, 3.05) is 14.2 Å². The Morgan fingerprint density at radius 3 is 2.63 bits per heavy atom. The smallest absolute Gasteiger partial charge is 0.128 e. The van der Waals surface area contributed by atoms with E-state index in [2.05, 4.69) is 15.5 Å². The van der Waals surface area contributed by atoms with Crippen LogP contribution in [0.1, 0.15) is 11.3 Å². The summed E-state index contributed by atoms with van der Waals surface area (Å²) in [6, 6.07) is 7.62. The molecule has 19 heavy (non-hydrogen) atoms. The van der Waals surface area contributed by atoms with Crippen LogP contribution in [0.3, 0.4) is 0 Å². The lowest BCUT2D eigenvalue weighted by atomic mass is 10.1. The van der Waals surface area contributed by atoms with Gasteiger partial charge in [-0.15, -0.1) is 0 Å². The van der Waals surface area contributed by atoms with Gasteiger partial charge in [0.2, 0.25) is 0 Å². The van der Waals surface area contributed by atoms with E-state index in [-0.39, 0.29) is 0 Å². The van der Waals surface area contributed by atoms with Gasteiger partial charge in [0, 0.05) is 17.1 Å². The van der Waals surface area contributed by atoms with Crippen molar-refractivity contribution in [1.82, 2.24) is 15.5 Å². The summed E-state index contributed by atoms with van der Waals surface area (Å²) in [6.07, 6.45) is 0. The summed E-state index contributed by atoms with van der Waals surface area (Å²) in [6.45, 7) is 2.63. The summed E-state index contributed by atoms with van der Waals surface area (Å²) in [5.41, 5.74) is 3.46. The maximum Gasteiger partial charge on any atom is 0.128 e. The van der Waals surface area contributed by atoms with Crippen LogP contribution in [-0.2, 0) is 6.54 Å². The van der Waals surface area contributed by atoms with E-state index in [1.165, 1.54) is 0 Å². The molecular formula is C14H16ClN3O. The third-order valence-electron chi connectivity index (χ3n) is 2.83. The summed E-state index contributed by atoms with van der Waals surface area (Å²) < 4.78 is 5.37. The largest absolute Gasteiger partial charge is 0.496 e. The third-order valence-corrected chi connectivity index (χ3v) is 3.24. The van der Waals surface area contributed by atoms with Gasteiger partial charge >= 0.3 is 0 Å². The number of benzene rings is 1. The Balaban J connectivity index is 2.43. The van der Waals surface area contributed by atoms with E-state index in [0.717, 1.165) is 28.3 Å². The molecule has 0 unspecified atom stereocenters. The van der Waals surface area contributed by atoms with E-state index >= 15 is 0 Å². The molecule has 4 nitrogen and oxygen atoms in total. The zero-order chi connectivity index (χ0) is 13.8. The standard InChI is InChI=1S/C14H16ClN3O/c1-9-6-14(19-3)11(7-12(9)15)13-5-4-10(8-16-2)17-18-13/h4-7,16H,8H2,1-3H3. The minimum Gasteiger partial charge on any atom is -0.496 e. The number of rotatable bonds is 4. The first-order valence-electron chi connectivity index (χ1n) is 5.97. The highest BCUT2D eigenvalue weighted by molar-refractivity contribution is 6.31. The van der Waals surface area contributed by atoms with Crippen molar-refractivity contribution in [3.63, 3.8) is 0 Å². The average molecular weight is 278 g/mol. The molecule has 5 heteroatoms. The van der Waals surface area contributed by atoms with Gasteiger partial charge in [0.25, 0.3) is 0 Å². The third kappa shape index (κ3) is 3.03. The second kappa shape index (κ2) is 5.99. The number of hydrogen-bond donors (Lipinski definition) is 1. The van der Waals surface area contributed by atoms with E-state index in [1.54, 1.807) is 7.11 Å². The van der Waals surface area contributed by atoms with Gasteiger partial charge in [-0.3, -0.25) is 0 Å². The first-order chi connectivity index (χ1) is 9.15. The first-order valence-corrected chi connectivity index (χ1v) is 6.35. The van der Waals surface area contributed by atoms with Crippen LogP contribution in [-0.4, -0.2) is 24.4 Å². The Morgan fingerprint density at radius 2 is 2.05 bits per heavy atom. The molecule has 0 spiro atoms. The van der Waals surface area contributed by atoms with E-state index in [0.29, 0.717) is 11.6 Å². The van der Waals surface area contributed by atoms with Gasteiger partial charge in [-0.25, -0.2) is 0 Å². The highest BCUT2D eigenvalue weighted by Gasteiger charge is 2.11. The summed E-state index contributed by atoms with van der Waals surface area (Å²) in [5.74, 6) is 0.748. The normalized spacial score (nSPS) is 10.5. The van der Waals surface area contributed by atoms with Crippen LogP contribution in [0.2, 0.25) is 5.02 Å². The minimum atomic E-state index is 0.692. The molecule has 2 aromatic rings. The number of aromatic nitrogens is 2. The SMILES string of the molecule is CNCc1ccc(-c2cc(Cl)c(C)cc2OC)nn1. The molecule has 0 saturated carbocycles. The van der Waals surface area contributed by atoms with E-state index in [9.17, 15) is 0 Å². The van der Waals surface area contributed by atoms with Gasteiger partial charge in [-0.1, -0.05) is 11.6 Å². The van der Waals surface area contributed by atoms with Gasteiger partial charge < -0.3 is 10.1 Å². The fraction of sp³-hybridized carbons (Fsp3) is 0.286. The van der Waals surface area contributed by atoms with Crippen LogP contribution >= 0.6 is 11.6 Å². The lowest BCUT2D eigenvalue weighted by molar-refractivity contribution is 0.416. The van der Waals surface area contributed by atoms with Gasteiger partial charge in [-0.05, 0) is 43.8 Å². The number of methoxy groups -OCH3 is 1. The molecule has 0 saturated heterocycles. The second-order valence-electron chi connectivity index (χ2n) is 4.24. The molecule has 0 aliphatic heterocycles. The minimum absolute atomic E-state index is 0.692. The predicted octanol–water partition coefficient (Wildman–Crippen LogP) is 2.83. The summed E-state index contributed by atoms with van der Waals surface area (Å²) in [5, 5.41) is 12.1. The Hall–Kier alpha value is -1.65. The molecule has 1 heterocycles. The van der Waals surface area contributed by atoms with Crippen LogP contribution in [0, 0.1) is 6.92 Å². The number of ether oxygens (including phenoxy) is 1. The Morgan fingerprint density at radius 1 is 1.26 bits per heavy atom. The van der Waals surface area contributed by atoms with E-state index in [4.69, 9.17) is 16.3 Å². The summed E-state index contributed by atoms with van der Waals surface area (Å²) in [4.78, 5) is 0. The average Bonchev–Trinajstić information content (AvgIpc) is 2.43. The van der Waals surface area contributed by atoms with Gasteiger partial charge in [0.15, 0.2) is 0 Å². The van der Waals surface area contributed by atoms with E-state index < -0.39 is 0 Å². The number of aryl methyl sites for hydroxylation is 1. The maximum atomic E-state index is 6.16. The molecule has 1 aromatic carbocycles. The van der Waals surface area contributed by atoms with Crippen LogP contribution in [0.5, 0.6) is 5.75 Å². The molecule has 0 radical (unpaired) electrons. The van der Waals surface area contributed by atoms with Gasteiger partial charge in [0.05, 0.1) is 18.5 Å². The van der Waals surface area contributed by atoms with Gasteiger partial charge in [-0.2, -0.15) is 10.2 Å². The molecule has 0 bridgehead atoms. The molecular weight excluding hydrogens is 262 g/mol. The van der Waals surface area contributed by atoms with Crippen LogP contribution < -0.4 is 10.1 Å². The number of halogens is 1. The Kier molecular flexibility index (Phi) is 4.35. The molecule has 1 N–H and O–H groups in total. The second-order valence-corrected chi connectivity index (χ2v) is 4.65. The van der Waals surface area contributed by atoms with Crippen molar-refractivity contribution in [3.05, 3.63) is 40.5 Å². The quantitative estimate of drug-likeness (QED) is 0.933. The molecule has 100 valence electrons. The van der Waals surface area contributed by atoms with Gasteiger partial charge in [0.1, 0.15) is 5.75 Å². The lowest BCUT2D eigenvalue weighted by Gasteiger charge is -2.10. The van der Waals surface area contributed by atoms with Crippen molar-refractivity contribution in [2.24, 2.45) is 0 Å². The maximum absolute atomic E-state index is 6.16. The Labute approximate surface area is 117 Å². The Bertz CT molecular complexity index is 570. The fourth-order valence-corrected chi connectivity index (χ4v) is 1.97. The molecule has 1 aromatic heterocycles. The predicted molar refractivity (Wildman–Crippen MR) is 76.5 cm³/mol. The topological polar surface area (TPSA) is 47.0 Å². The van der Waals surface area contributed by atoms with E-state index in [1.807, 2.05) is 38.2 Å². The highest BCUT2D eigenvalue weighted by Crippen LogP contribution is 2.33. The molecule has 0 aliphatic rings. The van der Waals surface area contributed by atoms with Crippen LogP contribution in [0.15, 0.2) is 24.3 Å². The van der Waals surface area contributed by atoms with Crippen molar-refractivity contribution < 1.29 is 4.74 Å². The first kappa shape index (κ1) is 13.8. The highest BCUT2D eigenvalue weighted by atomic mass is 35.5. The number of hydrogen-bond acceptors (Lipinski definition) is 4. The van der Waals surface area contributed by atoms with Crippen LogP contribution in [0.4, 0.5) is 0 Å². The van der Waals surface area contributed by atoms with Crippen molar-refractivity contribution in [1.29, 1.82) is 0 Å². The van der Waals surface area contributed by atoms with Crippen molar-refractivity contribution >= 4 is 11.6 Å².